The topological polar surface area (TPSA) is 79.7 Å². The van der Waals surface area contributed by atoms with Crippen LogP contribution in [-0.4, -0.2) is 28.4 Å². The maximum absolute atomic E-state index is 13.2. The smallest absolute Gasteiger partial charge is 0.296 e. The van der Waals surface area contributed by atoms with E-state index >= 15 is 0 Å². The van der Waals surface area contributed by atoms with Crippen LogP contribution in [0.1, 0.15) is 36.9 Å². The number of benzene rings is 2. The first-order valence-corrected chi connectivity index (χ1v) is 11.6. The molecule has 4 rings (SSSR count). The third-order valence-corrected chi connectivity index (χ3v) is 6.06. The number of nitrogens with zero attached hydrogens (tertiary/aromatic N) is 2. The molecule has 1 N–H and O–H groups in total. The van der Waals surface area contributed by atoms with E-state index in [9.17, 15) is 14.7 Å². The Bertz CT molecular complexity index is 1170. The number of unbranched alkanes of at least 4 members (excludes halogenated alkanes) is 1. The fourth-order valence-corrected chi connectivity index (χ4v) is 4.28. The van der Waals surface area contributed by atoms with Crippen LogP contribution in [0, 0.1) is 0 Å². The molecule has 7 heteroatoms. The van der Waals surface area contributed by atoms with E-state index in [1.54, 1.807) is 17.7 Å². The summed E-state index contributed by atoms with van der Waals surface area (Å²) in [7, 11) is 0. The average molecular weight is 461 g/mol. The quantitative estimate of drug-likeness (QED) is 0.337. The highest BCUT2D eigenvalue weighted by atomic mass is 32.1. The van der Waals surface area contributed by atoms with Gasteiger partial charge >= 0.3 is 0 Å². The number of aliphatic hydroxyl groups is 1. The minimum absolute atomic E-state index is 0.0297. The molecule has 0 spiro atoms. The normalized spacial score (nSPS) is 16.1. The van der Waals surface area contributed by atoms with E-state index in [1.807, 2.05) is 54.6 Å². The highest BCUT2D eigenvalue weighted by Gasteiger charge is 2.44. The predicted octanol–water partition coefficient (Wildman–Crippen LogP) is 5.50. The Morgan fingerprint density at radius 2 is 1.94 bits per heavy atom. The van der Waals surface area contributed by atoms with Gasteiger partial charge in [0.05, 0.1) is 18.2 Å². The lowest BCUT2D eigenvalue weighted by Gasteiger charge is -2.24. The van der Waals surface area contributed by atoms with Crippen LogP contribution in [0.25, 0.3) is 6.08 Å². The Morgan fingerprint density at radius 1 is 1.18 bits per heavy atom. The Balaban J connectivity index is 1.68. The van der Waals surface area contributed by atoms with Gasteiger partial charge in [0.1, 0.15) is 5.75 Å². The summed E-state index contributed by atoms with van der Waals surface area (Å²) in [6, 6.07) is 15.8. The van der Waals surface area contributed by atoms with Gasteiger partial charge in [-0.1, -0.05) is 61.9 Å². The van der Waals surface area contributed by atoms with Crippen molar-refractivity contribution in [3.05, 3.63) is 94.7 Å². The molecule has 1 aromatic heterocycles. The number of aromatic nitrogens is 1. The molecule has 0 radical (unpaired) electrons. The summed E-state index contributed by atoms with van der Waals surface area (Å²) >= 11 is 1.27. The molecule has 0 saturated heterocycles. The summed E-state index contributed by atoms with van der Waals surface area (Å²) < 4.78 is 5.74. The number of anilines is 1. The van der Waals surface area contributed by atoms with Gasteiger partial charge in [-0.2, -0.15) is 0 Å². The minimum atomic E-state index is -0.790. The molecule has 1 atom stereocenters. The Labute approximate surface area is 196 Å². The SMILES string of the molecule is CCCCOc1ccc(C2C(C(=O)C=Cc3ccccc3)=C(O)C(=O)N2c2nccs2)cc1. The zero-order valence-electron chi connectivity index (χ0n) is 18.2. The third-order valence-electron chi connectivity index (χ3n) is 5.29. The Kier molecular flexibility index (Phi) is 7.00. The lowest BCUT2D eigenvalue weighted by atomic mass is 9.95. The molecular weight excluding hydrogens is 436 g/mol. The molecule has 168 valence electrons. The van der Waals surface area contributed by atoms with Crippen LogP contribution in [0.15, 0.2) is 83.6 Å². The maximum atomic E-state index is 13.2. The second-order valence-corrected chi connectivity index (χ2v) is 8.41. The lowest BCUT2D eigenvalue weighted by Crippen LogP contribution is -2.30. The highest BCUT2D eigenvalue weighted by molar-refractivity contribution is 7.13. The molecule has 1 aliphatic heterocycles. The van der Waals surface area contributed by atoms with Crippen LogP contribution in [0.2, 0.25) is 0 Å². The fourth-order valence-electron chi connectivity index (χ4n) is 3.61. The lowest BCUT2D eigenvalue weighted by molar-refractivity contribution is -0.117. The van der Waals surface area contributed by atoms with Gasteiger partial charge in [-0.05, 0) is 35.8 Å². The molecule has 1 aliphatic rings. The van der Waals surface area contributed by atoms with E-state index < -0.39 is 23.5 Å². The van der Waals surface area contributed by atoms with Crippen molar-refractivity contribution < 1.29 is 19.4 Å². The van der Waals surface area contributed by atoms with Crippen molar-refractivity contribution in [2.75, 3.05) is 11.5 Å². The van der Waals surface area contributed by atoms with Crippen LogP contribution in [0.4, 0.5) is 5.13 Å². The maximum Gasteiger partial charge on any atom is 0.296 e. The van der Waals surface area contributed by atoms with Crippen molar-refractivity contribution in [3.63, 3.8) is 0 Å². The zero-order valence-corrected chi connectivity index (χ0v) is 19.0. The van der Waals surface area contributed by atoms with Gasteiger partial charge in [0.2, 0.25) is 0 Å². The number of hydrogen-bond donors (Lipinski definition) is 1. The first-order chi connectivity index (χ1) is 16.1. The minimum Gasteiger partial charge on any atom is -0.503 e. The predicted molar refractivity (Wildman–Crippen MR) is 129 cm³/mol. The standard InChI is InChI=1S/C26H24N2O4S/c1-2-3-16-32-20-12-10-19(11-13-20)23-22(21(29)14-9-18-7-5-4-6-8-18)24(30)25(31)28(23)26-27-15-17-33-26/h4-15,17,23,30H,2-3,16H2,1H3. The van der Waals surface area contributed by atoms with Gasteiger partial charge in [-0.15, -0.1) is 11.3 Å². The summed E-state index contributed by atoms with van der Waals surface area (Å²) in [5.41, 5.74) is 1.56. The van der Waals surface area contributed by atoms with Crippen molar-refractivity contribution in [3.8, 4) is 5.75 Å². The number of allylic oxidation sites excluding steroid dienone is 1. The molecule has 33 heavy (non-hydrogen) atoms. The largest absolute Gasteiger partial charge is 0.503 e. The van der Waals surface area contributed by atoms with Crippen LogP contribution >= 0.6 is 11.3 Å². The van der Waals surface area contributed by atoms with Crippen LogP contribution in [0.5, 0.6) is 5.75 Å². The third kappa shape index (κ3) is 4.88. The van der Waals surface area contributed by atoms with Gasteiger partial charge in [0, 0.05) is 11.6 Å². The second-order valence-electron chi connectivity index (χ2n) is 7.53. The van der Waals surface area contributed by atoms with Crippen molar-refractivity contribution in [1.82, 2.24) is 4.98 Å². The molecule has 0 saturated carbocycles. The van der Waals surface area contributed by atoms with Crippen molar-refractivity contribution in [1.29, 1.82) is 0 Å². The number of aliphatic hydroxyl groups excluding tert-OH is 1. The molecule has 0 bridgehead atoms. The Morgan fingerprint density at radius 3 is 2.61 bits per heavy atom. The van der Waals surface area contributed by atoms with Gasteiger partial charge in [-0.25, -0.2) is 4.98 Å². The Hall–Kier alpha value is -3.71. The molecular formula is C26H24N2O4S. The fraction of sp³-hybridized carbons (Fsp3) is 0.192. The number of rotatable bonds is 9. The van der Waals surface area contributed by atoms with E-state index in [2.05, 4.69) is 11.9 Å². The van der Waals surface area contributed by atoms with E-state index in [0.29, 0.717) is 23.1 Å². The van der Waals surface area contributed by atoms with E-state index in [0.717, 1.165) is 18.4 Å². The first kappa shape index (κ1) is 22.5. The number of thiazole rings is 1. The molecule has 2 heterocycles. The summed E-state index contributed by atoms with van der Waals surface area (Å²) in [6.07, 6.45) is 6.63. The van der Waals surface area contributed by atoms with Gasteiger partial charge in [0.25, 0.3) is 5.91 Å². The molecule has 2 aromatic carbocycles. The van der Waals surface area contributed by atoms with Gasteiger partial charge < -0.3 is 9.84 Å². The molecule has 6 nitrogen and oxygen atoms in total. The molecule has 0 fully saturated rings. The van der Waals surface area contributed by atoms with Gasteiger partial charge in [0.15, 0.2) is 16.7 Å². The monoisotopic (exact) mass is 460 g/mol. The van der Waals surface area contributed by atoms with Gasteiger partial charge in [-0.3, -0.25) is 14.5 Å². The van der Waals surface area contributed by atoms with Crippen LogP contribution < -0.4 is 9.64 Å². The van der Waals surface area contributed by atoms with Crippen molar-refractivity contribution in [2.45, 2.75) is 25.8 Å². The molecule has 0 aliphatic carbocycles. The van der Waals surface area contributed by atoms with E-state index in [4.69, 9.17) is 4.74 Å². The number of amides is 1. The number of ketones is 1. The van der Waals surface area contributed by atoms with Crippen LogP contribution in [0.3, 0.4) is 0 Å². The average Bonchev–Trinajstić information content (AvgIpc) is 3.46. The highest BCUT2D eigenvalue weighted by Crippen LogP contribution is 2.42. The molecule has 3 aromatic rings. The summed E-state index contributed by atoms with van der Waals surface area (Å²) in [5, 5.41) is 12.9. The van der Waals surface area contributed by atoms with E-state index in [1.165, 1.54) is 22.3 Å². The number of ether oxygens (including phenoxy) is 1. The zero-order chi connectivity index (χ0) is 23.2. The first-order valence-electron chi connectivity index (χ1n) is 10.8. The van der Waals surface area contributed by atoms with E-state index in [-0.39, 0.29) is 5.57 Å². The van der Waals surface area contributed by atoms with Crippen molar-refractivity contribution in [2.24, 2.45) is 0 Å². The summed E-state index contributed by atoms with van der Waals surface area (Å²) in [4.78, 5) is 31.8. The number of carbonyl (C=O) groups is 2. The van der Waals surface area contributed by atoms with Crippen LogP contribution in [-0.2, 0) is 9.59 Å². The molecule has 1 unspecified atom stereocenters. The summed E-state index contributed by atoms with van der Waals surface area (Å²) in [6.45, 7) is 2.72. The summed E-state index contributed by atoms with van der Waals surface area (Å²) in [5.74, 6) is -0.921. The number of carbonyl (C=O) groups excluding carboxylic acids is 2. The second kappa shape index (κ2) is 10.3. The van der Waals surface area contributed by atoms with Crippen molar-refractivity contribution >= 4 is 34.2 Å². The number of hydrogen-bond acceptors (Lipinski definition) is 6. The molecule has 1 amide bonds.